The fourth-order valence-corrected chi connectivity index (χ4v) is 5.27. The van der Waals surface area contributed by atoms with Crippen molar-refractivity contribution in [3.8, 4) is 0 Å². The first kappa shape index (κ1) is 25.3. The molecule has 35 heavy (non-hydrogen) atoms. The van der Waals surface area contributed by atoms with Crippen LogP contribution in [0.1, 0.15) is 71.8 Å². The third kappa shape index (κ3) is 5.90. The molecular weight excluding hydrogens is 448 g/mol. The Balaban J connectivity index is 1.27. The smallest absolute Gasteiger partial charge is 0.410 e. The maximum Gasteiger partial charge on any atom is 0.410 e. The average molecular weight is 487 g/mol. The first-order valence-corrected chi connectivity index (χ1v) is 12.7. The van der Waals surface area contributed by atoms with Gasteiger partial charge in [0.15, 0.2) is 0 Å². The van der Waals surface area contributed by atoms with E-state index in [1.54, 1.807) is 4.90 Å². The fraction of sp³-hybridized carbons (Fsp3) is 0.667. The molecule has 1 aliphatic carbocycles. The Morgan fingerprint density at radius 3 is 2.29 bits per heavy atom. The zero-order chi connectivity index (χ0) is 25.3. The van der Waals surface area contributed by atoms with Gasteiger partial charge in [0.2, 0.25) is 0 Å². The number of piperidine rings is 1. The summed E-state index contributed by atoms with van der Waals surface area (Å²) < 4.78 is 17.0. The second-order valence-corrected chi connectivity index (χ2v) is 11.5. The van der Waals surface area contributed by atoms with Crippen LogP contribution in [0.4, 0.5) is 9.59 Å². The lowest BCUT2D eigenvalue weighted by Crippen LogP contribution is -2.50. The van der Waals surface area contributed by atoms with Crippen LogP contribution in [0.15, 0.2) is 30.3 Å². The molecule has 0 bridgehead atoms. The third-order valence-corrected chi connectivity index (χ3v) is 7.53. The molecule has 1 aromatic rings. The number of nitrogens with zero attached hydrogens (tertiary/aromatic N) is 2. The highest BCUT2D eigenvalue weighted by Gasteiger charge is 2.51. The lowest BCUT2D eigenvalue weighted by Gasteiger charge is -2.40. The Morgan fingerprint density at radius 2 is 1.69 bits per heavy atom. The van der Waals surface area contributed by atoms with Crippen molar-refractivity contribution in [2.75, 3.05) is 19.6 Å². The van der Waals surface area contributed by atoms with Gasteiger partial charge in [0.1, 0.15) is 17.8 Å². The topological polar surface area (TPSA) is 85.4 Å². The highest BCUT2D eigenvalue weighted by Crippen LogP contribution is 2.42. The fourth-order valence-electron chi connectivity index (χ4n) is 5.27. The molecule has 0 aromatic heterocycles. The molecule has 0 N–H and O–H groups in total. The lowest BCUT2D eigenvalue weighted by molar-refractivity contribution is -0.158. The minimum absolute atomic E-state index is 0.0563. The third-order valence-electron chi connectivity index (χ3n) is 7.53. The van der Waals surface area contributed by atoms with Crippen molar-refractivity contribution in [1.29, 1.82) is 0 Å². The Labute approximate surface area is 207 Å². The summed E-state index contributed by atoms with van der Waals surface area (Å²) >= 11 is 0. The SMILES string of the molecule is CC(C)(C)OC(=O)N1CCC2(CC1)CN(C1CCC(C)(C(=O)OCc3ccccc3)CC1)C(=O)O2. The van der Waals surface area contributed by atoms with Crippen LogP contribution in [-0.2, 0) is 25.6 Å². The highest BCUT2D eigenvalue weighted by molar-refractivity contribution is 5.77. The highest BCUT2D eigenvalue weighted by atomic mass is 16.6. The minimum atomic E-state index is -0.551. The van der Waals surface area contributed by atoms with Crippen LogP contribution in [0.2, 0.25) is 0 Å². The lowest BCUT2D eigenvalue weighted by atomic mass is 9.73. The molecule has 1 spiro atoms. The van der Waals surface area contributed by atoms with Gasteiger partial charge < -0.3 is 24.0 Å². The van der Waals surface area contributed by atoms with Crippen LogP contribution in [0, 0.1) is 5.41 Å². The first-order valence-electron chi connectivity index (χ1n) is 12.7. The van der Waals surface area contributed by atoms with Crippen LogP contribution in [0.5, 0.6) is 0 Å². The Hall–Kier alpha value is -2.77. The van der Waals surface area contributed by atoms with Crippen LogP contribution in [-0.4, -0.2) is 64.8 Å². The van der Waals surface area contributed by atoms with Crippen LogP contribution >= 0.6 is 0 Å². The normalized spacial score (nSPS) is 26.4. The Morgan fingerprint density at radius 1 is 1.06 bits per heavy atom. The van der Waals surface area contributed by atoms with Crippen molar-refractivity contribution >= 4 is 18.2 Å². The maximum absolute atomic E-state index is 12.8. The molecule has 1 saturated carbocycles. The van der Waals surface area contributed by atoms with Crippen molar-refractivity contribution in [3.05, 3.63) is 35.9 Å². The molecule has 2 saturated heterocycles. The summed E-state index contributed by atoms with van der Waals surface area (Å²) in [5, 5.41) is 0. The van der Waals surface area contributed by atoms with E-state index in [1.165, 1.54) is 0 Å². The molecule has 8 heteroatoms. The standard InChI is InChI=1S/C27H38N2O6/c1-25(2,3)34-23(31)28-16-14-27(15-17-28)19-29(24(32)35-27)21-10-12-26(4,13-11-21)22(30)33-18-20-8-6-5-7-9-20/h5-9,21H,10-19H2,1-4H3. The van der Waals surface area contributed by atoms with Crippen molar-refractivity contribution < 1.29 is 28.6 Å². The molecule has 8 nitrogen and oxygen atoms in total. The van der Waals surface area contributed by atoms with E-state index in [4.69, 9.17) is 14.2 Å². The predicted molar refractivity (Wildman–Crippen MR) is 130 cm³/mol. The number of ether oxygens (including phenoxy) is 3. The average Bonchev–Trinajstić information content (AvgIpc) is 3.13. The molecule has 0 unspecified atom stereocenters. The number of carbonyl (C=O) groups excluding carboxylic acids is 3. The van der Waals surface area contributed by atoms with E-state index < -0.39 is 16.6 Å². The monoisotopic (exact) mass is 486 g/mol. The molecule has 2 heterocycles. The van der Waals surface area contributed by atoms with Crippen LogP contribution in [0.3, 0.4) is 0 Å². The van der Waals surface area contributed by atoms with Crippen molar-refractivity contribution in [2.45, 2.75) is 90.1 Å². The zero-order valence-electron chi connectivity index (χ0n) is 21.4. The quantitative estimate of drug-likeness (QED) is 0.445. The molecular formula is C27H38N2O6. The summed E-state index contributed by atoms with van der Waals surface area (Å²) in [4.78, 5) is 41.6. The van der Waals surface area contributed by atoms with E-state index in [0.29, 0.717) is 45.3 Å². The van der Waals surface area contributed by atoms with Gasteiger partial charge >= 0.3 is 18.2 Å². The molecule has 0 atom stereocenters. The van der Waals surface area contributed by atoms with E-state index in [0.717, 1.165) is 18.4 Å². The van der Waals surface area contributed by atoms with Gasteiger partial charge in [0.05, 0.1) is 12.0 Å². The predicted octanol–water partition coefficient (Wildman–Crippen LogP) is 4.90. The summed E-state index contributed by atoms with van der Waals surface area (Å²) in [6.45, 7) is 9.35. The molecule has 2 aliphatic heterocycles. The first-order chi connectivity index (χ1) is 16.5. The van der Waals surface area contributed by atoms with Crippen molar-refractivity contribution in [3.63, 3.8) is 0 Å². The van der Waals surface area contributed by atoms with Gasteiger partial charge in [-0.05, 0) is 58.9 Å². The Kier molecular flexibility index (Phi) is 7.02. The van der Waals surface area contributed by atoms with E-state index >= 15 is 0 Å². The summed E-state index contributed by atoms with van der Waals surface area (Å²) in [6, 6.07) is 9.74. The van der Waals surface area contributed by atoms with Gasteiger partial charge in [-0.15, -0.1) is 0 Å². The van der Waals surface area contributed by atoms with Gasteiger partial charge in [-0.25, -0.2) is 9.59 Å². The van der Waals surface area contributed by atoms with Gasteiger partial charge in [-0.3, -0.25) is 4.79 Å². The summed E-state index contributed by atoms with van der Waals surface area (Å²) in [5.74, 6) is -0.171. The number of rotatable bonds is 4. The molecule has 3 fully saturated rings. The molecule has 192 valence electrons. The van der Waals surface area contributed by atoms with Crippen molar-refractivity contribution in [1.82, 2.24) is 9.80 Å². The number of hydrogen-bond acceptors (Lipinski definition) is 6. The minimum Gasteiger partial charge on any atom is -0.460 e. The number of carbonyl (C=O) groups is 3. The molecule has 1 aromatic carbocycles. The van der Waals surface area contributed by atoms with Crippen LogP contribution in [0.25, 0.3) is 0 Å². The number of likely N-dealkylation sites (tertiary alicyclic amines) is 1. The number of hydrogen-bond donors (Lipinski definition) is 0. The number of amides is 2. The van der Waals surface area contributed by atoms with E-state index in [2.05, 4.69) is 0 Å². The number of esters is 1. The van der Waals surface area contributed by atoms with Gasteiger partial charge in [-0.2, -0.15) is 0 Å². The van der Waals surface area contributed by atoms with Crippen molar-refractivity contribution in [2.24, 2.45) is 5.41 Å². The summed E-state index contributed by atoms with van der Waals surface area (Å²) in [6.07, 6.45) is 3.44. The van der Waals surface area contributed by atoms with E-state index in [9.17, 15) is 14.4 Å². The van der Waals surface area contributed by atoms with E-state index in [1.807, 2.05) is 62.9 Å². The van der Waals surface area contributed by atoms with Gasteiger partial charge in [0.25, 0.3) is 0 Å². The maximum atomic E-state index is 12.8. The second kappa shape index (κ2) is 9.70. The van der Waals surface area contributed by atoms with Crippen LogP contribution < -0.4 is 0 Å². The van der Waals surface area contributed by atoms with E-state index in [-0.39, 0.29) is 30.8 Å². The molecule has 2 amide bonds. The van der Waals surface area contributed by atoms with Gasteiger partial charge in [0, 0.05) is 32.0 Å². The molecule has 0 radical (unpaired) electrons. The van der Waals surface area contributed by atoms with Gasteiger partial charge in [-0.1, -0.05) is 30.3 Å². The summed E-state index contributed by atoms with van der Waals surface area (Å²) in [7, 11) is 0. The Bertz CT molecular complexity index is 925. The zero-order valence-corrected chi connectivity index (χ0v) is 21.4. The summed E-state index contributed by atoms with van der Waals surface area (Å²) in [5.41, 5.74) is -0.649. The number of benzene rings is 1. The second-order valence-electron chi connectivity index (χ2n) is 11.5. The molecule has 3 aliphatic rings. The molecule has 4 rings (SSSR count). The largest absolute Gasteiger partial charge is 0.460 e.